The predicted octanol–water partition coefficient (Wildman–Crippen LogP) is 3.92. The van der Waals surface area contributed by atoms with Crippen LogP contribution in [0.25, 0.3) is 6.08 Å². The van der Waals surface area contributed by atoms with Gasteiger partial charge in [-0.05, 0) is 56.1 Å². The van der Waals surface area contributed by atoms with Gasteiger partial charge in [-0.2, -0.15) is 0 Å². The molecule has 11 heavy (non-hydrogen) atoms. The number of rotatable bonds is 2. The van der Waals surface area contributed by atoms with Crippen molar-refractivity contribution in [1.82, 2.24) is 0 Å². The second-order valence-electron chi connectivity index (χ2n) is 1.83. The van der Waals surface area contributed by atoms with E-state index in [9.17, 15) is 0 Å². The molecule has 0 N–H and O–H groups in total. The van der Waals surface area contributed by atoms with Crippen molar-refractivity contribution in [2.75, 3.05) is 0 Å². The fraction of sp³-hybridized carbons (Fsp3) is 0. The van der Waals surface area contributed by atoms with Crippen LogP contribution >= 0.6 is 31.9 Å². The van der Waals surface area contributed by atoms with Crippen molar-refractivity contribution in [2.45, 2.75) is 0 Å². The zero-order chi connectivity index (χ0) is 8.10. The minimum absolute atomic E-state index is 0.850. The van der Waals surface area contributed by atoms with Crippen LogP contribution in [0.3, 0.4) is 0 Å². The van der Waals surface area contributed by atoms with Crippen molar-refractivity contribution in [3.63, 3.8) is 0 Å². The SMILES string of the molecule is BrC(Br)=C/C=C/c1ccco1. The number of hydrogen-bond acceptors (Lipinski definition) is 1. The first-order valence-corrected chi connectivity index (χ1v) is 4.60. The van der Waals surface area contributed by atoms with Gasteiger partial charge in [-0.1, -0.05) is 6.08 Å². The second kappa shape index (κ2) is 4.57. The van der Waals surface area contributed by atoms with E-state index in [1.165, 1.54) is 0 Å². The number of allylic oxidation sites excluding steroid dienone is 2. The molecule has 3 heteroatoms. The highest BCUT2D eigenvalue weighted by Crippen LogP contribution is 2.13. The summed E-state index contributed by atoms with van der Waals surface area (Å²) in [4.78, 5) is 0. The van der Waals surface area contributed by atoms with E-state index in [0.29, 0.717) is 0 Å². The van der Waals surface area contributed by atoms with Gasteiger partial charge in [0, 0.05) is 0 Å². The summed E-state index contributed by atoms with van der Waals surface area (Å²) in [7, 11) is 0. The Morgan fingerprint density at radius 2 is 2.27 bits per heavy atom. The average molecular weight is 278 g/mol. The molecule has 0 saturated heterocycles. The minimum Gasteiger partial charge on any atom is -0.465 e. The normalized spacial score (nSPS) is 10.4. The monoisotopic (exact) mass is 276 g/mol. The highest BCUT2D eigenvalue weighted by molar-refractivity contribution is 9.28. The van der Waals surface area contributed by atoms with Gasteiger partial charge < -0.3 is 4.42 Å². The molecule has 0 atom stereocenters. The van der Waals surface area contributed by atoms with Crippen LogP contribution in [0.4, 0.5) is 0 Å². The molecule has 0 amide bonds. The van der Waals surface area contributed by atoms with Gasteiger partial charge in [0.2, 0.25) is 0 Å². The molecule has 0 aliphatic heterocycles. The van der Waals surface area contributed by atoms with E-state index in [4.69, 9.17) is 4.42 Å². The molecule has 0 fully saturated rings. The van der Waals surface area contributed by atoms with Crippen LogP contribution in [0.1, 0.15) is 5.76 Å². The standard InChI is InChI=1S/C8H6Br2O/c9-8(10)5-1-3-7-4-2-6-11-7/h1-6H/b3-1+. The average Bonchev–Trinajstić information content (AvgIpc) is 2.39. The van der Waals surface area contributed by atoms with Gasteiger partial charge in [0.05, 0.1) is 9.65 Å². The van der Waals surface area contributed by atoms with E-state index < -0.39 is 0 Å². The first-order chi connectivity index (χ1) is 5.29. The Morgan fingerprint density at radius 1 is 1.45 bits per heavy atom. The van der Waals surface area contributed by atoms with E-state index in [1.54, 1.807) is 6.26 Å². The number of furan rings is 1. The summed E-state index contributed by atoms with van der Waals surface area (Å²) in [5.41, 5.74) is 0. The molecule has 1 aromatic rings. The van der Waals surface area contributed by atoms with Gasteiger partial charge in [-0.25, -0.2) is 0 Å². The molecular weight excluding hydrogens is 272 g/mol. The quantitative estimate of drug-likeness (QED) is 0.747. The Labute approximate surface area is 82.0 Å². The molecule has 58 valence electrons. The summed E-state index contributed by atoms with van der Waals surface area (Å²) < 4.78 is 5.98. The van der Waals surface area contributed by atoms with Crippen LogP contribution in [0.15, 0.2) is 38.4 Å². The van der Waals surface area contributed by atoms with Crippen molar-refractivity contribution >= 4 is 37.9 Å². The zero-order valence-corrected chi connectivity index (χ0v) is 8.80. The Morgan fingerprint density at radius 3 is 2.82 bits per heavy atom. The van der Waals surface area contributed by atoms with Crippen LogP contribution < -0.4 is 0 Å². The summed E-state index contributed by atoms with van der Waals surface area (Å²) in [6.07, 6.45) is 7.29. The lowest BCUT2D eigenvalue weighted by Gasteiger charge is -1.80. The molecule has 1 heterocycles. The third kappa shape index (κ3) is 3.58. The molecule has 0 spiro atoms. The third-order valence-corrected chi connectivity index (χ3v) is 1.55. The fourth-order valence-corrected chi connectivity index (χ4v) is 0.907. The zero-order valence-electron chi connectivity index (χ0n) is 5.63. The first-order valence-electron chi connectivity index (χ1n) is 3.02. The van der Waals surface area contributed by atoms with E-state index in [-0.39, 0.29) is 0 Å². The summed E-state index contributed by atoms with van der Waals surface area (Å²) in [6.45, 7) is 0. The minimum atomic E-state index is 0.850. The topological polar surface area (TPSA) is 13.1 Å². The predicted molar refractivity (Wildman–Crippen MR) is 53.7 cm³/mol. The summed E-state index contributed by atoms with van der Waals surface area (Å²) in [5, 5.41) is 0. The van der Waals surface area contributed by atoms with Crippen LogP contribution in [-0.4, -0.2) is 0 Å². The molecule has 0 aromatic carbocycles. The van der Waals surface area contributed by atoms with Crippen LogP contribution in [0.2, 0.25) is 0 Å². The molecule has 0 aliphatic carbocycles. The maximum Gasteiger partial charge on any atom is 0.126 e. The lowest BCUT2D eigenvalue weighted by atomic mass is 10.4. The smallest absolute Gasteiger partial charge is 0.126 e. The summed E-state index contributed by atoms with van der Waals surface area (Å²) in [5.74, 6) is 0.850. The largest absolute Gasteiger partial charge is 0.465 e. The van der Waals surface area contributed by atoms with Crippen LogP contribution in [0.5, 0.6) is 0 Å². The molecular formula is C8H6Br2O. The van der Waals surface area contributed by atoms with Gasteiger partial charge in [0.15, 0.2) is 0 Å². The van der Waals surface area contributed by atoms with Crippen molar-refractivity contribution in [2.24, 2.45) is 0 Å². The van der Waals surface area contributed by atoms with Crippen molar-refractivity contribution in [3.8, 4) is 0 Å². The highest BCUT2D eigenvalue weighted by Gasteiger charge is 1.84. The van der Waals surface area contributed by atoms with E-state index in [1.807, 2.05) is 30.4 Å². The lowest BCUT2D eigenvalue weighted by molar-refractivity contribution is 0.557. The van der Waals surface area contributed by atoms with Crippen molar-refractivity contribution in [3.05, 3.63) is 39.7 Å². The number of halogens is 2. The van der Waals surface area contributed by atoms with Crippen LogP contribution in [0, 0.1) is 0 Å². The van der Waals surface area contributed by atoms with Gasteiger partial charge >= 0.3 is 0 Å². The van der Waals surface area contributed by atoms with Crippen molar-refractivity contribution < 1.29 is 4.42 Å². The molecule has 0 bridgehead atoms. The highest BCUT2D eigenvalue weighted by atomic mass is 79.9. The first kappa shape index (κ1) is 8.81. The summed E-state index contributed by atoms with van der Waals surface area (Å²) in [6, 6.07) is 3.75. The Hall–Kier alpha value is -0.280. The molecule has 0 unspecified atom stereocenters. The van der Waals surface area contributed by atoms with Gasteiger partial charge in [0.25, 0.3) is 0 Å². The van der Waals surface area contributed by atoms with Gasteiger partial charge in [0.1, 0.15) is 5.76 Å². The van der Waals surface area contributed by atoms with Crippen molar-refractivity contribution in [1.29, 1.82) is 0 Å². The maximum atomic E-state index is 5.07. The maximum absolute atomic E-state index is 5.07. The Balaban J connectivity index is 2.56. The molecule has 1 aromatic heterocycles. The molecule has 1 nitrogen and oxygen atoms in total. The third-order valence-electron chi connectivity index (χ3n) is 1.03. The van der Waals surface area contributed by atoms with Gasteiger partial charge in [-0.15, -0.1) is 0 Å². The molecule has 0 saturated carbocycles. The Kier molecular flexibility index (Phi) is 3.66. The number of hydrogen-bond donors (Lipinski definition) is 0. The molecule has 1 rings (SSSR count). The van der Waals surface area contributed by atoms with Crippen LogP contribution in [-0.2, 0) is 0 Å². The van der Waals surface area contributed by atoms with E-state index in [2.05, 4.69) is 31.9 Å². The Bertz CT molecular complexity index is 256. The second-order valence-corrected chi connectivity index (χ2v) is 4.60. The fourth-order valence-electron chi connectivity index (χ4n) is 0.602. The molecule has 0 radical (unpaired) electrons. The van der Waals surface area contributed by atoms with E-state index in [0.717, 1.165) is 9.15 Å². The lowest BCUT2D eigenvalue weighted by Crippen LogP contribution is -1.57. The summed E-state index contributed by atoms with van der Waals surface area (Å²) >= 11 is 6.47. The van der Waals surface area contributed by atoms with Gasteiger partial charge in [-0.3, -0.25) is 0 Å². The van der Waals surface area contributed by atoms with E-state index >= 15 is 0 Å². The molecule has 0 aliphatic rings.